The van der Waals surface area contributed by atoms with E-state index in [9.17, 15) is 13.2 Å². The minimum atomic E-state index is -3.96. The van der Waals surface area contributed by atoms with Crippen LogP contribution in [0, 0.1) is 20.8 Å². The number of rotatable bonds is 9. The molecule has 1 N–H and O–H groups in total. The van der Waals surface area contributed by atoms with E-state index in [4.69, 9.17) is 4.74 Å². The van der Waals surface area contributed by atoms with Gasteiger partial charge < -0.3 is 10.1 Å². The number of methoxy groups -OCH3 is 1. The zero-order valence-corrected chi connectivity index (χ0v) is 21.1. The summed E-state index contributed by atoms with van der Waals surface area (Å²) in [5, 5.41) is 2.99. The van der Waals surface area contributed by atoms with Crippen molar-refractivity contribution in [3.63, 3.8) is 0 Å². The van der Waals surface area contributed by atoms with Crippen LogP contribution in [0.5, 0.6) is 5.75 Å². The molecule has 1 amide bonds. The van der Waals surface area contributed by atoms with Gasteiger partial charge in [0, 0.05) is 0 Å². The lowest BCUT2D eigenvalue weighted by atomic mass is 10.0. The topological polar surface area (TPSA) is 75.7 Å². The number of carbonyl (C=O) groups excluding carboxylic acids is 1. The molecule has 180 valence electrons. The lowest BCUT2D eigenvalue weighted by Gasteiger charge is -2.26. The van der Waals surface area contributed by atoms with Crippen LogP contribution in [-0.4, -0.2) is 28.0 Å². The zero-order chi connectivity index (χ0) is 24.9. The standard InChI is InChI=1S/C27H32N2O4S/c1-6-26(22-10-13-24(33-5)14-11-22)28-27(30)18-29(23-12-9-20(3)21(4)17-23)34(31,32)25-15-7-19(2)8-16-25/h7-17,26H,6,18H2,1-5H3,(H,28,30)/t26-/m1/s1. The highest BCUT2D eigenvalue weighted by atomic mass is 32.2. The summed E-state index contributed by atoms with van der Waals surface area (Å²) in [6.45, 7) is 7.43. The molecule has 0 aliphatic heterocycles. The lowest BCUT2D eigenvalue weighted by Crippen LogP contribution is -2.42. The average Bonchev–Trinajstić information content (AvgIpc) is 2.83. The third-order valence-corrected chi connectivity index (χ3v) is 7.72. The quantitative estimate of drug-likeness (QED) is 0.463. The van der Waals surface area contributed by atoms with E-state index in [-0.39, 0.29) is 23.4 Å². The van der Waals surface area contributed by atoms with Crippen LogP contribution in [0.4, 0.5) is 5.69 Å². The molecular weight excluding hydrogens is 448 g/mol. The Morgan fingerprint density at radius 3 is 2.15 bits per heavy atom. The number of carbonyl (C=O) groups is 1. The molecule has 34 heavy (non-hydrogen) atoms. The second-order valence-electron chi connectivity index (χ2n) is 8.39. The molecule has 7 heteroatoms. The van der Waals surface area contributed by atoms with Gasteiger partial charge in [-0.25, -0.2) is 8.42 Å². The molecule has 0 unspecified atom stereocenters. The van der Waals surface area contributed by atoms with Crippen LogP contribution in [0.3, 0.4) is 0 Å². The van der Waals surface area contributed by atoms with Gasteiger partial charge >= 0.3 is 0 Å². The van der Waals surface area contributed by atoms with Crippen LogP contribution in [0.15, 0.2) is 71.6 Å². The summed E-state index contributed by atoms with van der Waals surface area (Å²) < 4.78 is 33.6. The number of nitrogens with zero attached hydrogens (tertiary/aromatic N) is 1. The molecule has 0 radical (unpaired) electrons. The molecule has 0 heterocycles. The molecule has 3 aromatic rings. The maximum absolute atomic E-state index is 13.6. The Hall–Kier alpha value is -3.32. The van der Waals surface area contributed by atoms with Gasteiger partial charge in [0.25, 0.3) is 10.0 Å². The molecule has 0 fully saturated rings. The summed E-state index contributed by atoms with van der Waals surface area (Å²) in [6, 6.07) is 19.3. The SMILES string of the molecule is CC[C@@H](NC(=O)CN(c1ccc(C)c(C)c1)S(=O)(=O)c1ccc(C)cc1)c1ccc(OC)cc1. The van der Waals surface area contributed by atoms with Crippen molar-refractivity contribution in [3.05, 3.63) is 89.0 Å². The van der Waals surface area contributed by atoms with Crippen molar-refractivity contribution < 1.29 is 17.9 Å². The molecule has 0 saturated heterocycles. The summed E-state index contributed by atoms with van der Waals surface area (Å²) in [4.78, 5) is 13.3. The van der Waals surface area contributed by atoms with Crippen LogP contribution in [0.1, 0.15) is 41.6 Å². The van der Waals surface area contributed by atoms with Crippen molar-refractivity contribution in [2.75, 3.05) is 18.0 Å². The maximum Gasteiger partial charge on any atom is 0.264 e. The van der Waals surface area contributed by atoms with E-state index in [1.165, 1.54) is 4.31 Å². The van der Waals surface area contributed by atoms with Crippen molar-refractivity contribution in [1.82, 2.24) is 5.32 Å². The Balaban J connectivity index is 1.91. The second-order valence-corrected chi connectivity index (χ2v) is 10.3. The first-order valence-electron chi connectivity index (χ1n) is 11.3. The highest BCUT2D eigenvalue weighted by molar-refractivity contribution is 7.92. The number of anilines is 1. The molecule has 0 bridgehead atoms. The van der Waals surface area contributed by atoms with Gasteiger partial charge in [0.2, 0.25) is 5.91 Å². The number of aryl methyl sites for hydroxylation is 3. The Kier molecular flexibility index (Phi) is 7.99. The first kappa shape index (κ1) is 25.3. The molecule has 3 rings (SSSR count). The van der Waals surface area contributed by atoms with Crippen molar-refractivity contribution in [1.29, 1.82) is 0 Å². The van der Waals surface area contributed by atoms with Crippen LogP contribution < -0.4 is 14.4 Å². The minimum Gasteiger partial charge on any atom is -0.497 e. The molecule has 0 spiro atoms. The first-order valence-corrected chi connectivity index (χ1v) is 12.7. The molecule has 0 aromatic heterocycles. The predicted octanol–water partition coefficient (Wildman–Crippen LogP) is 5.08. The lowest BCUT2D eigenvalue weighted by molar-refractivity contribution is -0.120. The van der Waals surface area contributed by atoms with Gasteiger partial charge in [-0.2, -0.15) is 0 Å². The number of sulfonamides is 1. The van der Waals surface area contributed by atoms with Crippen LogP contribution in [0.2, 0.25) is 0 Å². The van der Waals surface area contributed by atoms with Crippen molar-refractivity contribution in [2.45, 2.75) is 45.1 Å². The number of benzene rings is 3. The zero-order valence-electron chi connectivity index (χ0n) is 20.3. The molecule has 1 atom stereocenters. The van der Waals surface area contributed by atoms with E-state index in [2.05, 4.69) is 5.32 Å². The molecule has 0 saturated carbocycles. The number of ether oxygens (including phenoxy) is 1. The Bertz CT molecular complexity index is 1240. The van der Waals surface area contributed by atoms with Crippen molar-refractivity contribution in [2.24, 2.45) is 0 Å². The van der Waals surface area contributed by atoms with Gasteiger partial charge in [0.1, 0.15) is 12.3 Å². The normalized spacial score (nSPS) is 12.1. The minimum absolute atomic E-state index is 0.145. The van der Waals surface area contributed by atoms with Gasteiger partial charge in [-0.3, -0.25) is 9.10 Å². The average molecular weight is 481 g/mol. The van der Waals surface area contributed by atoms with Gasteiger partial charge in [-0.05, 0) is 80.3 Å². The number of nitrogens with one attached hydrogen (secondary N) is 1. The van der Waals surface area contributed by atoms with E-state index < -0.39 is 10.0 Å². The monoisotopic (exact) mass is 480 g/mol. The van der Waals surface area contributed by atoms with E-state index in [0.29, 0.717) is 12.1 Å². The van der Waals surface area contributed by atoms with E-state index in [1.807, 2.05) is 58.0 Å². The highest BCUT2D eigenvalue weighted by Gasteiger charge is 2.28. The fourth-order valence-electron chi connectivity index (χ4n) is 3.66. The van der Waals surface area contributed by atoms with Gasteiger partial charge in [0.05, 0.1) is 23.7 Å². The fourth-order valence-corrected chi connectivity index (χ4v) is 5.07. The number of amides is 1. The largest absolute Gasteiger partial charge is 0.497 e. The van der Waals surface area contributed by atoms with Crippen molar-refractivity contribution >= 4 is 21.6 Å². The molecular formula is C27H32N2O4S. The Morgan fingerprint density at radius 1 is 0.941 bits per heavy atom. The highest BCUT2D eigenvalue weighted by Crippen LogP contribution is 2.26. The first-order chi connectivity index (χ1) is 16.1. The number of hydrogen-bond donors (Lipinski definition) is 1. The summed E-state index contributed by atoms with van der Waals surface area (Å²) >= 11 is 0. The summed E-state index contributed by atoms with van der Waals surface area (Å²) in [6.07, 6.45) is 0.659. The third kappa shape index (κ3) is 5.78. The fraction of sp³-hybridized carbons (Fsp3) is 0.296. The smallest absolute Gasteiger partial charge is 0.264 e. The van der Waals surface area contributed by atoms with Crippen LogP contribution >= 0.6 is 0 Å². The summed E-state index contributed by atoms with van der Waals surface area (Å²) in [5.74, 6) is 0.353. The van der Waals surface area contributed by atoms with Crippen LogP contribution in [0.25, 0.3) is 0 Å². The maximum atomic E-state index is 13.6. The Morgan fingerprint density at radius 2 is 1.59 bits per heavy atom. The van der Waals surface area contributed by atoms with E-state index in [0.717, 1.165) is 28.0 Å². The predicted molar refractivity (Wildman–Crippen MR) is 136 cm³/mol. The summed E-state index contributed by atoms with van der Waals surface area (Å²) in [7, 11) is -2.35. The van der Waals surface area contributed by atoms with Crippen LogP contribution in [-0.2, 0) is 14.8 Å². The third-order valence-electron chi connectivity index (χ3n) is 5.94. The molecule has 0 aliphatic rings. The van der Waals surface area contributed by atoms with Gasteiger partial charge in [-0.1, -0.05) is 42.8 Å². The number of hydrogen-bond acceptors (Lipinski definition) is 4. The second kappa shape index (κ2) is 10.7. The van der Waals surface area contributed by atoms with E-state index >= 15 is 0 Å². The molecule has 6 nitrogen and oxygen atoms in total. The van der Waals surface area contributed by atoms with Crippen molar-refractivity contribution in [3.8, 4) is 5.75 Å². The van der Waals surface area contributed by atoms with E-state index in [1.54, 1.807) is 43.5 Å². The summed E-state index contributed by atoms with van der Waals surface area (Å²) in [5.41, 5.74) is 4.34. The Labute approximate surface area is 202 Å². The van der Waals surface area contributed by atoms with Gasteiger partial charge in [0.15, 0.2) is 0 Å². The molecule has 3 aromatic carbocycles. The van der Waals surface area contributed by atoms with Gasteiger partial charge in [-0.15, -0.1) is 0 Å². The molecule has 0 aliphatic carbocycles.